The first-order chi connectivity index (χ1) is 16.2. The molecule has 0 aliphatic heterocycles. The number of methoxy groups -OCH3 is 1. The molecule has 5 nitrogen and oxygen atoms in total. The molecule has 0 radical (unpaired) electrons. The summed E-state index contributed by atoms with van der Waals surface area (Å²) in [6, 6.07) is 27.6. The number of furan rings is 1. The molecule has 0 fully saturated rings. The van der Waals surface area contributed by atoms with Crippen molar-refractivity contribution in [3.05, 3.63) is 102 Å². The van der Waals surface area contributed by atoms with Crippen LogP contribution >= 0.6 is 11.8 Å². The maximum Gasteiger partial charge on any atom is 0.337 e. The van der Waals surface area contributed by atoms with E-state index in [0.717, 1.165) is 38.4 Å². The molecular weight excluding hydrogens is 432 g/mol. The third kappa shape index (κ3) is 4.25. The van der Waals surface area contributed by atoms with Gasteiger partial charge in [0.2, 0.25) is 5.71 Å². The monoisotopic (exact) mass is 452 g/mol. The molecule has 162 valence electrons. The number of esters is 1. The molecule has 3 aromatic carbocycles. The van der Waals surface area contributed by atoms with Crippen LogP contribution in [0.3, 0.4) is 0 Å². The van der Waals surface area contributed by atoms with Gasteiger partial charge >= 0.3 is 5.97 Å². The van der Waals surface area contributed by atoms with E-state index in [1.807, 2.05) is 60.7 Å². The zero-order valence-corrected chi connectivity index (χ0v) is 18.7. The summed E-state index contributed by atoms with van der Waals surface area (Å²) in [5.74, 6) is 1.13. The first-order valence-corrected chi connectivity index (χ1v) is 11.4. The van der Waals surface area contributed by atoms with E-state index in [-0.39, 0.29) is 5.97 Å². The van der Waals surface area contributed by atoms with Gasteiger partial charge in [-0.15, -0.1) is 11.8 Å². The van der Waals surface area contributed by atoms with Crippen LogP contribution in [0.25, 0.3) is 33.6 Å². The summed E-state index contributed by atoms with van der Waals surface area (Å²) in [6.45, 7) is 0. The Labute approximate surface area is 195 Å². The highest BCUT2D eigenvalue weighted by Crippen LogP contribution is 2.43. The molecule has 5 rings (SSSR count). The van der Waals surface area contributed by atoms with Gasteiger partial charge in [0, 0.05) is 16.9 Å². The van der Waals surface area contributed by atoms with Crippen molar-refractivity contribution in [1.29, 1.82) is 0 Å². The third-order valence-electron chi connectivity index (χ3n) is 5.30. The van der Waals surface area contributed by atoms with Crippen LogP contribution in [0.15, 0.2) is 101 Å². The van der Waals surface area contributed by atoms with Crippen LogP contribution in [0.1, 0.15) is 15.9 Å². The van der Waals surface area contributed by atoms with Gasteiger partial charge in [-0.3, -0.25) is 0 Å². The summed E-state index contributed by atoms with van der Waals surface area (Å²) in [5, 5.41) is 1.75. The number of hydrogen-bond donors (Lipinski definition) is 0. The molecular formula is C27H20N2O3S. The zero-order chi connectivity index (χ0) is 22.6. The summed E-state index contributed by atoms with van der Waals surface area (Å²) in [5.41, 5.74) is 5.20. The Morgan fingerprint density at radius 2 is 1.55 bits per heavy atom. The Morgan fingerprint density at radius 1 is 0.879 bits per heavy atom. The van der Waals surface area contributed by atoms with E-state index in [1.165, 1.54) is 13.4 Å². The number of benzene rings is 3. The Kier molecular flexibility index (Phi) is 5.91. The van der Waals surface area contributed by atoms with Gasteiger partial charge in [-0.05, 0) is 23.3 Å². The lowest BCUT2D eigenvalue weighted by Crippen LogP contribution is -2.00. The molecule has 0 aliphatic carbocycles. The van der Waals surface area contributed by atoms with E-state index < -0.39 is 0 Å². The van der Waals surface area contributed by atoms with Gasteiger partial charge in [0.15, 0.2) is 0 Å². The molecule has 0 atom stereocenters. The number of thioether (sulfide) groups is 1. The predicted octanol–water partition coefficient (Wildman–Crippen LogP) is 6.64. The van der Waals surface area contributed by atoms with Gasteiger partial charge in [0.05, 0.1) is 18.1 Å². The molecule has 0 saturated heterocycles. The van der Waals surface area contributed by atoms with Crippen LogP contribution in [0.5, 0.6) is 0 Å². The number of carbonyl (C=O) groups is 1. The number of carbonyl (C=O) groups excluding carboxylic acids is 1. The minimum Gasteiger partial charge on any atom is -0.465 e. The molecule has 5 aromatic rings. The molecule has 0 amide bonds. The van der Waals surface area contributed by atoms with Crippen LogP contribution in [-0.4, -0.2) is 23.0 Å². The first-order valence-electron chi connectivity index (χ1n) is 10.4. The van der Waals surface area contributed by atoms with Crippen molar-refractivity contribution in [2.45, 2.75) is 10.8 Å². The first kappa shape index (κ1) is 21.0. The highest BCUT2D eigenvalue weighted by Gasteiger charge is 2.22. The topological polar surface area (TPSA) is 65.2 Å². The fraction of sp³-hybridized carbons (Fsp3) is 0.0741. The Morgan fingerprint density at radius 3 is 2.21 bits per heavy atom. The molecule has 2 heterocycles. The van der Waals surface area contributed by atoms with Gasteiger partial charge in [-0.2, -0.15) is 0 Å². The average molecular weight is 453 g/mol. The highest BCUT2D eigenvalue weighted by atomic mass is 32.2. The molecule has 0 spiro atoms. The number of aromatic nitrogens is 2. The molecule has 6 heteroatoms. The molecule has 33 heavy (non-hydrogen) atoms. The molecule has 0 saturated carbocycles. The van der Waals surface area contributed by atoms with E-state index in [4.69, 9.17) is 9.15 Å². The van der Waals surface area contributed by atoms with E-state index in [0.29, 0.717) is 17.0 Å². The average Bonchev–Trinajstić information content (AvgIpc) is 3.29. The second-order valence-corrected chi connectivity index (χ2v) is 8.34. The van der Waals surface area contributed by atoms with Crippen LogP contribution in [0, 0.1) is 0 Å². The van der Waals surface area contributed by atoms with Gasteiger partial charge in [0.25, 0.3) is 0 Å². The van der Waals surface area contributed by atoms with Crippen molar-refractivity contribution < 1.29 is 13.9 Å². The van der Waals surface area contributed by atoms with Crippen LogP contribution in [0.4, 0.5) is 0 Å². The third-order valence-corrected chi connectivity index (χ3v) is 6.36. The van der Waals surface area contributed by atoms with E-state index in [2.05, 4.69) is 22.1 Å². The minimum atomic E-state index is -0.342. The van der Waals surface area contributed by atoms with Crippen LogP contribution < -0.4 is 0 Å². The highest BCUT2D eigenvalue weighted by molar-refractivity contribution is 7.98. The summed E-state index contributed by atoms with van der Waals surface area (Å²) >= 11 is 1.61. The summed E-state index contributed by atoms with van der Waals surface area (Å²) in [4.78, 5) is 20.7. The zero-order valence-electron chi connectivity index (χ0n) is 17.9. The summed E-state index contributed by atoms with van der Waals surface area (Å²) in [7, 11) is 1.38. The second-order valence-electron chi connectivity index (χ2n) is 7.37. The molecule has 0 unspecified atom stereocenters. The molecule has 0 bridgehead atoms. The van der Waals surface area contributed by atoms with Crippen molar-refractivity contribution in [3.8, 4) is 22.5 Å². The van der Waals surface area contributed by atoms with Crippen molar-refractivity contribution in [3.63, 3.8) is 0 Å². The Hall–Kier alpha value is -3.90. The summed E-state index contributed by atoms with van der Waals surface area (Å²) in [6.07, 6.45) is 1.54. The van der Waals surface area contributed by atoms with Crippen LogP contribution in [0.2, 0.25) is 0 Å². The number of hydrogen-bond acceptors (Lipinski definition) is 6. The number of nitrogens with zero attached hydrogens (tertiary/aromatic N) is 2. The fourth-order valence-electron chi connectivity index (χ4n) is 3.70. The quantitative estimate of drug-likeness (QED) is 0.164. The Bertz CT molecular complexity index is 1400. The summed E-state index contributed by atoms with van der Waals surface area (Å²) < 4.78 is 11.0. The van der Waals surface area contributed by atoms with Crippen molar-refractivity contribution in [2.75, 3.05) is 7.11 Å². The lowest BCUT2D eigenvalue weighted by Gasteiger charge is -2.07. The van der Waals surface area contributed by atoms with E-state index >= 15 is 0 Å². The largest absolute Gasteiger partial charge is 0.465 e. The lowest BCUT2D eigenvalue weighted by molar-refractivity contribution is 0.0600. The Balaban J connectivity index is 1.56. The maximum absolute atomic E-state index is 11.7. The van der Waals surface area contributed by atoms with Crippen molar-refractivity contribution in [1.82, 2.24) is 9.97 Å². The lowest BCUT2D eigenvalue weighted by atomic mass is 10.00. The number of fused-ring (bicyclic) bond motifs is 1. The van der Waals surface area contributed by atoms with Gasteiger partial charge in [0.1, 0.15) is 17.1 Å². The second kappa shape index (κ2) is 9.30. The van der Waals surface area contributed by atoms with E-state index in [1.54, 1.807) is 23.9 Å². The smallest absolute Gasteiger partial charge is 0.337 e. The van der Waals surface area contributed by atoms with Crippen molar-refractivity contribution in [2.24, 2.45) is 0 Å². The molecule has 2 aromatic heterocycles. The predicted molar refractivity (Wildman–Crippen MR) is 130 cm³/mol. The minimum absolute atomic E-state index is 0.342. The van der Waals surface area contributed by atoms with Gasteiger partial charge < -0.3 is 9.15 Å². The molecule has 0 aliphatic rings. The SMILES string of the molecule is COC(=O)c1ccc(CSc2ncnc3oc(-c4ccccc4)c(-c4ccccc4)c23)cc1. The van der Waals surface area contributed by atoms with Crippen LogP contribution in [-0.2, 0) is 10.5 Å². The van der Waals surface area contributed by atoms with Crippen molar-refractivity contribution >= 4 is 28.8 Å². The van der Waals surface area contributed by atoms with Gasteiger partial charge in [-0.1, -0.05) is 72.8 Å². The fourth-order valence-corrected chi connectivity index (χ4v) is 4.65. The van der Waals surface area contributed by atoms with Gasteiger partial charge in [-0.25, -0.2) is 14.8 Å². The standard InChI is InChI=1S/C27H20N2O3S/c1-31-27(30)21-14-12-18(13-15-21)16-33-26-23-22(19-8-4-2-5-9-19)24(20-10-6-3-7-11-20)32-25(23)28-17-29-26/h2-15,17H,16H2,1H3. The molecule has 0 N–H and O–H groups in total. The van der Waals surface area contributed by atoms with E-state index in [9.17, 15) is 4.79 Å². The maximum atomic E-state index is 11.7. The normalized spacial score (nSPS) is 10.9. The number of rotatable bonds is 6. The number of ether oxygens (including phenoxy) is 1.